The number of benzene rings is 2. The smallest absolute Gasteiger partial charge is 0.207 e. The zero-order valence-corrected chi connectivity index (χ0v) is 15.5. The first-order chi connectivity index (χ1) is 11.4. The molecule has 0 atom stereocenters. The summed E-state index contributed by atoms with van der Waals surface area (Å²) in [6, 6.07) is 14.8. The molecule has 1 heterocycles. The second-order valence-corrected chi connectivity index (χ2v) is 8.95. The first kappa shape index (κ1) is 17.7. The third-order valence-electron chi connectivity index (χ3n) is 4.41. The van der Waals surface area contributed by atoms with Crippen molar-refractivity contribution in [2.75, 3.05) is 13.1 Å². The molecule has 0 aromatic heterocycles. The molecule has 0 amide bonds. The van der Waals surface area contributed by atoms with Crippen LogP contribution in [-0.2, 0) is 16.4 Å². The van der Waals surface area contributed by atoms with Gasteiger partial charge >= 0.3 is 0 Å². The second kappa shape index (κ2) is 7.44. The van der Waals surface area contributed by atoms with Crippen molar-refractivity contribution in [2.24, 2.45) is 5.92 Å². The molecule has 3 nitrogen and oxygen atoms in total. The zero-order chi connectivity index (χ0) is 17.2. The zero-order valence-electron chi connectivity index (χ0n) is 13.2. The summed E-state index contributed by atoms with van der Waals surface area (Å²) in [7, 11) is -3.54. The van der Waals surface area contributed by atoms with Gasteiger partial charge in [0.25, 0.3) is 0 Å². The fourth-order valence-corrected chi connectivity index (χ4v) is 5.32. The van der Waals surface area contributed by atoms with Crippen LogP contribution in [-0.4, -0.2) is 25.8 Å². The van der Waals surface area contributed by atoms with Crippen LogP contribution in [0.1, 0.15) is 18.4 Å². The molecule has 6 heteroatoms. The third kappa shape index (κ3) is 4.12. The van der Waals surface area contributed by atoms with Crippen LogP contribution in [0.3, 0.4) is 0 Å². The Bertz CT molecular complexity index is 781. The summed E-state index contributed by atoms with van der Waals surface area (Å²) >= 11 is 11.9. The van der Waals surface area contributed by atoms with Crippen LogP contribution in [0.4, 0.5) is 0 Å². The Morgan fingerprint density at radius 3 is 2.12 bits per heavy atom. The average Bonchev–Trinajstić information content (AvgIpc) is 2.55. The van der Waals surface area contributed by atoms with Gasteiger partial charge in [0.15, 0.2) is 0 Å². The van der Waals surface area contributed by atoms with E-state index in [4.69, 9.17) is 23.2 Å². The van der Waals surface area contributed by atoms with Crippen molar-refractivity contribution in [2.45, 2.75) is 24.2 Å². The molecule has 24 heavy (non-hydrogen) atoms. The second-order valence-electron chi connectivity index (χ2n) is 6.14. The van der Waals surface area contributed by atoms with Crippen molar-refractivity contribution in [3.05, 3.63) is 64.1 Å². The van der Waals surface area contributed by atoms with Crippen molar-refractivity contribution >= 4 is 33.2 Å². The van der Waals surface area contributed by atoms with Crippen LogP contribution < -0.4 is 0 Å². The molecule has 2 aromatic rings. The van der Waals surface area contributed by atoms with Gasteiger partial charge in [-0.05, 0) is 48.9 Å². The lowest BCUT2D eigenvalue weighted by atomic mass is 9.91. The van der Waals surface area contributed by atoms with Crippen molar-refractivity contribution in [1.82, 2.24) is 4.31 Å². The lowest BCUT2D eigenvalue weighted by molar-refractivity contribution is 0.273. The molecule has 0 radical (unpaired) electrons. The predicted molar refractivity (Wildman–Crippen MR) is 98.1 cm³/mol. The maximum atomic E-state index is 12.8. The van der Waals surface area contributed by atoms with E-state index in [2.05, 4.69) is 12.1 Å². The SMILES string of the molecule is O=S(=O)(c1cc(Cl)cc(Cl)c1)N1CCC(Cc2ccccc2)CC1. The molecule has 2 aromatic carbocycles. The highest BCUT2D eigenvalue weighted by Gasteiger charge is 2.29. The normalized spacial score (nSPS) is 17.1. The van der Waals surface area contributed by atoms with E-state index >= 15 is 0 Å². The summed E-state index contributed by atoms with van der Waals surface area (Å²) in [6.07, 6.45) is 2.72. The van der Waals surface area contributed by atoms with Gasteiger partial charge in [-0.3, -0.25) is 0 Å². The van der Waals surface area contributed by atoms with Gasteiger partial charge in [0, 0.05) is 23.1 Å². The Labute approximate surface area is 153 Å². The van der Waals surface area contributed by atoms with E-state index in [9.17, 15) is 8.42 Å². The lowest BCUT2D eigenvalue weighted by Gasteiger charge is -2.31. The summed E-state index contributed by atoms with van der Waals surface area (Å²) in [5.41, 5.74) is 1.31. The summed E-state index contributed by atoms with van der Waals surface area (Å²) < 4.78 is 27.1. The van der Waals surface area contributed by atoms with Crippen LogP contribution in [0.25, 0.3) is 0 Å². The molecule has 0 spiro atoms. The van der Waals surface area contributed by atoms with Gasteiger partial charge in [-0.25, -0.2) is 8.42 Å². The molecule has 128 valence electrons. The van der Waals surface area contributed by atoms with Crippen molar-refractivity contribution in [1.29, 1.82) is 0 Å². The van der Waals surface area contributed by atoms with E-state index in [1.54, 1.807) is 0 Å². The minimum absolute atomic E-state index is 0.168. The number of piperidine rings is 1. The van der Waals surface area contributed by atoms with E-state index in [0.29, 0.717) is 29.1 Å². The maximum absolute atomic E-state index is 12.8. The summed E-state index contributed by atoms with van der Waals surface area (Å²) in [5, 5.41) is 0.667. The molecule has 0 N–H and O–H groups in total. The maximum Gasteiger partial charge on any atom is 0.243 e. The van der Waals surface area contributed by atoms with Gasteiger partial charge < -0.3 is 0 Å². The molecule has 0 bridgehead atoms. The number of hydrogen-bond acceptors (Lipinski definition) is 2. The summed E-state index contributed by atoms with van der Waals surface area (Å²) in [4.78, 5) is 0.168. The topological polar surface area (TPSA) is 37.4 Å². The van der Waals surface area contributed by atoms with Gasteiger partial charge in [0.2, 0.25) is 10.0 Å². The number of hydrogen-bond donors (Lipinski definition) is 0. The van der Waals surface area contributed by atoms with E-state index < -0.39 is 10.0 Å². The summed E-state index contributed by atoms with van der Waals surface area (Å²) in [6.45, 7) is 1.06. The highest BCUT2D eigenvalue weighted by molar-refractivity contribution is 7.89. The molecular weight excluding hydrogens is 365 g/mol. The number of sulfonamides is 1. The van der Waals surface area contributed by atoms with Crippen LogP contribution in [0.15, 0.2) is 53.4 Å². The monoisotopic (exact) mass is 383 g/mol. The first-order valence-corrected chi connectivity index (χ1v) is 10.1. The minimum Gasteiger partial charge on any atom is -0.207 e. The Balaban J connectivity index is 1.67. The third-order valence-corrected chi connectivity index (χ3v) is 6.73. The first-order valence-electron chi connectivity index (χ1n) is 7.95. The van der Waals surface area contributed by atoms with Gasteiger partial charge in [0.1, 0.15) is 0 Å². The number of nitrogens with zero attached hydrogens (tertiary/aromatic N) is 1. The molecule has 0 saturated carbocycles. The Morgan fingerprint density at radius 1 is 0.958 bits per heavy atom. The Hall–Kier alpha value is -1.07. The molecule has 1 fully saturated rings. The van der Waals surface area contributed by atoms with Crippen LogP contribution in [0.2, 0.25) is 10.0 Å². The van der Waals surface area contributed by atoms with E-state index in [0.717, 1.165) is 19.3 Å². The fraction of sp³-hybridized carbons (Fsp3) is 0.333. The number of halogens is 2. The van der Waals surface area contributed by atoms with Crippen LogP contribution in [0.5, 0.6) is 0 Å². The Morgan fingerprint density at radius 2 is 1.54 bits per heavy atom. The highest BCUT2D eigenvalue weighted by atomic mass is 35.5. The molecule has 3 rings (SSSR count). The van der Waals surface area contributed by atoms with E-state index in [1.807, 2.05) is 18.2 Å². The van der Waals surface area contributed by atoms with Crippen molar-refractivity contribution in [3.8, 4) is 0 Å². The van der Waals surface area contributed by atoms with E-state index in [-0.39, 0.29) is 4.90 Å². The molecule has 1 aliphatic heterocycles. The van der Waals surface area contributed by atoms with Gasteiger partial charge in [-0.15, -0.1) is 0 Å². The highest BCUT2D eigenvalue weighted by Crippen LogP contribution is 2.29. The Kier molecular flexibility index (Phi) is 5.50. The predicted octanol–water partition coefficient (Wildman–Crippen LogP) is 4.64. The average molecular weight is 384 g/mol. The quantitative estimate of drug-likeness (QED) is 0.770. The van der Waals surface area contributed by atoms with Crippen molar-refractivity contribution < 1.29 is 8.42 Å². The largest absolute Gasteiger partial charge is 0.243 e. The van der Waals surface area contributed by atoms with Crippen LogP contribution >= 0.6 is 23.2 Å². The molecule has 0 aliphatic carbocycles. The van der Waals surface area contributed by atoms with Gasteiger partial charge in [0.05, 0.1) is 4.90 Å². The lowest BCUT2D eigenvalue weighted by Crippen LogP contribution is -2.38. The van der Waals surface area contributed by atoms with Crippen LogP contribution in [0, 0.1) is 5.92 Å². The molecule has 1 aliphatic rings. The minimum atomic E-state index is -3.54. The van der Waals surface area contributed by atoms with Gasteiger partial charge in [-0.2, -0.15) is 4.31 Å². The number of rotatable bonds is 4. The fourth-order valence-electron chi connectivity index (χ4n) is 3.13. The molecule has 1 saturated heterocycles. The van der Waals surface area contributed by atoms with Crippen molar-refractivity contribution in [3.63, 3.8) is 0 Å². The molecule has 0 unspecified atom stereocenters. The summed E-state index contributed by atoms with van der Waals surface area (Å²) in [5.74, 6) is 0.516. The van der Waals surface area contributed by atoms with E-state index in [1.165, 1.54) is 28.1 Å². The standard InChI is InChI=1S/C18H19Cl2NO2S/c19-16-11-17(20)13-18(12-16)24(22,23)21-8-6-15(7-9-21)10-14-4-2-1-3-5-14/h1-5,11-13,15H,6-10H2. The van der Waals surface area contributed by atoms with Gasteiger partial charge in [-0.1, -0.05) is 53.5 Å². The molecular formula is C18H19Cl2NO2S.